The average molecular weight is 264 g/mol. The molecule has 18 heavy (non-hydrogen) atoms. The van der Waals surface area contributed by atoms with Crippen molar-refractivity contribution in [1.82, 2.24) is 14.5 Å². The number of fused-ring (bicyclic) bond motifs is 1. The Morgan fingerprint density at radius 3 is 3.17 bits per heavy atom. The summed E-state index contributed by atoms with van der Waals surface area (Å²) in [4.78, 5) is 8.83. The molecule has 96 valence electrons. The molecule has 0 aliphatic heterocycles. The van der Waals surface area contributed by atoms with Gasteiger partial charge in [-0.3, -0.25) is 4.98 Å². The van der Waals surface area contributed by atoms with Crippen LogP contribution >= 0.6 is 11.6 Å². The third-order valence-corrected chi connectivity index (χ3v) is 3.95. The molecule has 0 saturated heterocycles. The van der Waals surface area contributed by atoms with E-state index in [0.29, 0.717) is 11.9 Å². The maximum absolute atomic E-state index is 5.89. The Labute approximate surface area is 112 Å². The molecule has 0 amide bonds. The normalized spacial score (nSPS) is 22.6. The summed E-state index contributed by atoms with van der Waals surface area (Å²) in [5.41, 5.74) is 2.22. The number of hydrogen-bond acceptors (Lipinski definition) is 2. The van der Waals surface area contributed by atoms with Gasteiger partial charge in [-0.1, -0.05) is 13.3 Å². The third-order valence-electron chi connectivity index (χ3n) is 3.76. The second-order valence-corrected chi connectivity index (χ2v) is 5.43. The van der Waals surface area contributed by atoms with Crippen LogP contribution in [0.15, 0.2) is 18.5 Å². The molecule has 0 N–H and O–H groups in total. The average Bonchev–Trinajstić information content (AvgIpc) is 3.02. The summed E-state index contributed by atoms with van der Waals surface area (Å²) in [7, 11) is 0. The van der Waals surface area contributed by atoms with Crippen molar-refractivity contribution in [1.29, 1.82) is 0 Å². The molecule has 1 aliphatic carbocycles. The van der Waals surface area contributed by atoms with Gasteiger partial charge in [0.05, 0.1) is 11.7 Å². The monoisotopic (exact) mass is 263 g/mol. The van der Waals surface area contributed by atoms with Crippen molar-refractivity contribution < 1.29 is 0 Å². The zero-order valence-corrected chi connectivity index (χ0v) is 11.4. The van der Waals surface area contributed by atoms with Crippen LogP contribution in [0.25, 0.3) is 11.0 Å². The van der Waals surface area contributed by atoms with E-state index < -0.39 is 0 Å². The van der Waals surface area contributed by atoms with Gasteiger partial charge in [-0.05, 0) is 24.8 Å². The van der Waals surface area contributed by atoms with E-state index >= 15 is 0 Å². The number of alkyl halides is 1. The molecule has 1 fully saturated rings. The number of hydrogen-bond donors (Lipinski definition) is 0. The van der Waals surface area contributed by atoms with E-state index in [-0.39, 0.29) is 0 Å². The van der Waals surface area contributed by atoms with Gasteiger partial charge in [0.2, 0.25) is 0 Å². The van der Waals surface area contributed by atoms with E-state index in [1.165, 1.54) is 24.8 Å². The van der Waals surface area contributed by atoms with Crippen molar-refractivity contribution in [2.24, 2.45) is 5.92 Å². The topological polar surface area (TPSA) is 30.7 Å². The van der Waals surface area contributed by atoms with E-state index in [1.807, 2.05) is 12.4 Å². The Bertz CT molecular complexity index is 549. The number of pyridine rings is 1. The number of imidazole rings is 1. The molecular formula is C14H18ClN3. The molecular weight excluding hydrogens is 246 g/mol. The minimum absolute atomic E-state index is 0.627. The molecule has 0 bridgehead atoms. The van der Waals surface area contributed by atoms with Gasteiger partial charge in [-0.15, -0.1) is 11.6 Å². The van der Waals surface area contributed by atoms with Crippen LogP contribution in [0.1, 0.15) is 38.1 Å². The van der Waals surface area contributed by atoms with Crippen molar-refractivity contribution in [2.75, 3.05) is 5.88 Å². The number of nitrogens with zero attached hydrogens (tertiary/aromatic N) is 3. The highest BCUT2D eigenvalue weighted by atomic mass is 35.5. The van der Waals surface area contributed by atoms with Crippen molar-refractivity contribution in [3.63, 3.8) is 0 Å². The van der Waals surface area contributed by atoms with Crippen LogP contribution in [0, 0.1) is 5.92 Å². The number of halogens is 1. The summed E-state index contributed by atoms with van der Waals surface area (Å²) >= 11 is 5.89. The van der Waals surface area contributed by atoms with Gasteiger partial charge in [0.25, 0.3) is 0 Å². The van der Waals surface area contributed by atoms with Gasteiger partial charge in [-0.25, -0.2) is 4.98 Å². The molecule has 2 aromatic rings. The van der Waals surface area contributed by atoms with Gasteiger partial charge < -0.3 is 4.57 Å². The predicted molar refractivity (Wildman–Crippen MR) is 74.0 cm³/mol. The Kier molecular flexibility index (Phi) is 3.25. The second-order valence-electron chi connectivity index (χ2n) is 5.05. The fourth-order valence-electron chi connectivity index (χ4n) is 2.86. The lowest BCUT2D eigenvalue weighted by Gasteiger charge is -2.07. The van der Waals surface area contributed by atoms with Crippen LogP contribution in [-0.4, -0.2) is 20.4 Å². The summed E-state index contributed by atoms with van der Waals surface area (Å²) in [6.07, 6.45) is 8.40. The minimum atomic E-state index is 0.627. The molecule has 2 atom stereocenters. The molecule has 0 aromatic carbocycles. The molecule has 1 aliphatic rings. The lowest BCUT2D eigenvalue weighted by molar-refractivity contribution is 0.600. The molecule has 2 heterocycles. The first kappa shape index (κ1) is 12.0. The van der Waals surface area contributed by atoms with Crippen LogP contribution in [0.4, 0.5) is 0 Å². The number of rotatable bonds is 5. The van der Waals surface area contributed by atoms with Crippen molar-refractivity contribution in [3.05, 3.63) is 24.3 Å². The lowest BCUT2D eigenvalue weighted by Crippen LogP contribution is -2.04. The number of aromatic nitrogens is 3. The van der Waals surface area contributed by atoms with E-state index in [2.05, 4.69) is 27.5 Å². The zero-order chi connectivity index (χ0) is 12.5. The van der Waals surface area contributed by atoms with Crippen LogP contribution in [0.3, 0.4) is 0 Å². The zero-order valence-electron chi connectivity index (χ0n) is 10.6. The quantitative estimate of drug-likeness (QED) is 0.772. The number of aryl methyl sites for hydroxylation is 1. The highest BCUT2D eigenvalue weighted by molar-refractivity contribution is 6.17. The van der Waals surface area contributed by atoms with Gasteiger partial charge in [-0.2, -0.15) is 0 Å². The molecule has 0 spiro atoms. The summed E-state index contributed by atoms with van der Waals surface area (Å²) in [5, 5.41) is 0. The van der Waals surface area contributed by atoms with E-state index in [9.17, 15) is 0 Å². The van der Waals surface area contributed by atoms with Crippen LogP contribution in [0.2, 0.25) is 0 Å². The second kappa shape index (κ2) is 4.88. The first-order valence-electron chi connectivity index (χ1n) is 6.72. The molecule has 3 nitrogen and oxygen atoms in total. The molecule has 2 aromatic heterocycles. The maximum atomic E-state index is 5.89. The lowest BCUT2D eigenvalue weighted by atomic mass is 10.2. The first-order chi connectivity index (χ1) is 8.85. The van der Waals surface area contributed by atoms with Crippen molar-refractivity contribution >= 4 is 22.6 Å². The fourth-order valence-corrected chi connectivity index (χ4v) is 3.03. The van der Waals surface area contributed by atoms with Crippen LogP contribution < -0.4 is 0 Å². The predicted octanol–water partition coefficient (Wildman–Crippen LogP) is 3.57. The summed E-state index contributed by atoms with van der Waals surface area (Å²) < 4.78 is 2.40. The van der Waals surface area contributed by atoms with E-state index in [4.69, 9.17) is 11.6 Å². The smallest absolute Gasteiger partial charge is 0.111 e. The van der Waals surface area contributed by atoms with E-state index in [0.717, 1.165) is 23.7 Å². The molecule has 0 radical (unpaired) electrons. The first-order valence-corrected chi connectivity index (χ1v) is 7.25. The Hall–Kier alpha value is -1.09. The Morgan fingerprint density at radius 1 is 1.50 bits per heavy atom. The minimum Gasteiger partial charge on any atom is -0.324 e. The van der Waals surface area contributed by atoms with Crippen molar-refractivity contribution in [3.8, 4) is 0 Å². The van der Waals surface area contributed by atoms with Gasteiger partial charge >= 0.3 is 0 Å². The summed E-state index contributed by atoms with van der Waals surface area (Å²) in [6, 6.07) is 2.71. The summed E-state index contributed by atoms with van der Waals surface area (Å²) in [5.74, 6) is 2.58. The molecule has 2 unspecified atom stereocenters. The molecule has 1 saturated carbocycles. The SMILES string of the molecule is CCCC1CC1n1c(CCCl)nc2cnccc21. The molecule has 3 rings (SSSR count). The standard InChI is InChI=1S/C14H18ClN3/c1-2-3-10-8-13(10)18-12-5-7-16-9-11(12)17-14(18)4-6-15/h5,7,9-10,13H,2-4,6,8H2,1H3. The third kappa shape index (κ3) is 2.01. The van der Waals surface area contributed by atoms with Crippen LogP contribution in [-0.2, 0) is 6.42 Å². The maximum Gasteiger partial charge on any atom is 0.111 e. The fraction of sp³-hybridized carbons (Fsp3) is 0.571. The highest BCUT2D eigenvalue weighted by Gasteiger charge is 2.39. The Morgan fingerprint density at radius 2 is 2.39 bits per heavy atom. The summed E-state index contributed by atoms with van der Waals surface area (Å²) in [6.45, 7) is 2.25. The highest BCUT2D eigenvalue weighted by Crippen LogP contribution is 2.48. The van der Waals surface area contributed by atoms with Gasteiger partial charge in [0, 0.05) is 24.5 Å². The van der Waals surface area contributed by atoms with Crippen LogP contribution in [0.5, 0.6) is 0 Å². The Balaban J connectivity index is 2.00. The largest absolute Gasteiger partial charge is 0.324 e. The molecule has 4 heteroatoms. The van der Waals surface area contributed by atoms with Gasteiger partial charge in [0.1, 0.15) is 11.3 Å². The van der Waals surface area contributed by atoms with Gasteiger partial charge in [0.15, 0.2) is 0 Å². The van der Waals surface area contributed by atoms with Crippen molar-refractivity contribution in [2.45, 2.75) is 38.6 Å². The van der Waals surface area contributed by atoms with E-state index in [1.54, 1.807) is 0 Å².